The summed E-state index contributed by atoms with van der Waals surface area (Å²) in [7, 11) is 0. The normalized spacial score (nSPS) is 9.08. The third kappa shape index (κ3) is 2.27. The fourth-order valence-corrected chi connectivity index (χ4v) is 2.05. The van der Waals surface area contributed by atoms with E-state index < -0.39 is 0 Å². The lowest BCUT2D eigenvalue weighted by Gasteiger charge is -2.00. The molecule has 0 heterocycles. The highest BCUT2D eigenvalue weighted by molar-refractivity contribution is 9.11. The smallest absolute Gasteiger partial charge is 0.119 e. The molecule has 0 saturated carbocycles. The van der Waals surface area contributed by atoms with E-state index in [1.807, 2.05) is 0 Å². The minimum absolute atomic E-state index is 0.0963. The Morgan fingerprint density at radius 2 is 2.08 bits per heavy atom. The number of hydrogen-bond acceptors (Lipinski definition) is 3. The summed E-state index contributed by atoms with van der Waals surface area (Å²) in [6.45, 7) is 0. The zero-order valence-corrected chi connectivity index (χ0v) is 9.28. The van der Waals surface area contributed by atoms with Crippen LogP contribution in [0, 0.1) is 4.91 Å². The SMILES string of the molecule is [N-]=[N+]=Nc1c(Br)cc(Br)cc1N=O. The standard InChI is InChI=1S/C6H2Br2N4O/c7-3-1-4(8)6(10-12-9)5(2-3)11-13/h1-2H. The van der Waals surface area contributed by atoms with Crippen LogP contribution in [0.2, 0.25) is 0 Å². The van der Waals surface area contributed by atoms with E-state index in [9.17, 15) is 4.91 Å². The summed E-state index contributed by atoms with van der Waals surface area (Å²) < 4.78 is 1.21. The molecule has 0 atom stereocenters. The van der Waals surface area contributed by atoms with Crippen LogP contribution < -0.4 is 0 Å². The van der Waals surface area contributed by atoms with E-state index in [0.29, 0.717) is 8.95 Å². The summed E-state index contributed by atoms with van der Waals surface area (Å²) in [5, 5.41) is 6.07. The molecule has 0 saturated heterocycles. The summed E-state index contributed by atoms with van der Waals surface area (Å²) in [5.41, 5.74) is 8.51. The molecule has 0 aliphatic heterocycles. The van der Waals surface area contributed by atoms with Gasteiger partial charge >= 0.3 is 0 Å². The van der Waals surface area contributed by atoms with Crippen LogP contribution in [0.5, 0.6) is 0 Å². The van der Waals surface area contributed by atoms with Crippen LogP contribution in [-0.2, 0) is 0 Å². The van der Waals surface area contributed by atoms with Gasteiger partial charge in [0.25, 0.3) is 0 Å². The van der Waals surface area contributed by atoms with Gasteiger partial charge in [0.1, 0.15) is 5.69 Å². The first-order valence-corrected chi connectivity index (χ1v) is 4.65. The quantitative estimate of drug-likeness (QED) is 0.341. The van der Waals surface area contributed by atoms with Crippen molar-refractivity contribution in [2.24, 2.45) is 10.3 Å². The summed E-state index contributed by atoms with van der Waals surface area (Å²) in [6.07, 6.45) is 0. The zero-order chi connectivity index (χ0) is 9.84. The first kappa shape index (κ1) is 10.2. The Labute approximate surface area is 90.0 Å². The Morgan fingerprint density at radius 3 is 2.62 bits per heavy atom. The van der Waals surface area contributed by atoms with Gasteiger partial charge in [0.2, 0.25) is 0 Å². The largest absolute Gasteiger partial charge is 0.145 e. The van der Waals surface area contributed by atoms with E-state index in [1.54, 1.807) is 6.07 Å². The maximum absolute atomic E-state index is 10.3. The second kappa shape index (κ2) is 4.36. The van der Waals surface area contributed by atoms with Gasteiger partial charge in [0.05, 0.1) is 5.69 Å². The van der Waals surface area contributed by atoms with E-state index in [-0.39, 0.29) is 11.4 Å². The van der Waals surface area contributed by atoms with E-state index in [1.165, 1.54) is 6.07 Å². The number of rotatable bonds is 2. The van der Waals surface area contributed by atoms with Crippen molar-refractivity contribution < 1.29 is 0 Å². The number of nitrogens with zero attached hydrogens (tertiary/aromatic N) is 4. The van der Waals surface area contributed by atoms with Gasteiger partial charge in [-0.15, -0.1) is 4.91 Å². The average Bonchev–Trinajstić information content (AvgIpc) is 2.09. The van der Waals surface area contributed by atoms with Crippen LogP contribution in [0.1, 0.15) is 0 Å². The van der Waals surface area contributed by atoms with Gasteiger partial charge in [-0.25, -0.2) is 0 Å². The monoisotopic (exact) mass is 304 g/mol. The highest BCUT2D eigenvalue weighted by Gasteiger charge is 2.06. The van der Waals surface area contributed by atoms with Crippen LogP contribution in [0.25, 0.3) is 10.4 Å². The molecule has 1 rings (SSSR count). The van der Waals surface area contributed by atoms with Gasteiger partial charge in [0.15, 0.2) is 0 Å². The fourth-order valence-electron chi connectivity index (χ4n) is 0.766. The number of hydrogen-bond donors (Lipinski definition) is 0. The molecular formula is C6H2Br2N4O. The summed E-state index contributed by atoms with van der Waals surface area (Å²) in [6, 6.07) is 3.14. The van der Waals surface area contributed by atoms with E-state index in [2.05, 4.69) is 47.1 Å². The highest BCUT2D eigenvalue weighted by atomic mass is 79.9. The van der Waals surface area contributed by atoms with Crippen molar-refractivity contribution in [3.8, 4) is 0 Å². The summed E-state index contributed by atoms with van der Waals surface area (Å²) in [4.78, 5) is 12.9. The number of nitroso groups, excluding NO2 is 1. The minimum Gasteiger partial charge on any atom is -0.145 e. The van der Waals surface area contributed by atoms with Crippen LogP contribution in [0.3, 0.4) is 0 Å². The van der Waals surface area contributed by atoms with Crippen molar-refractivity contribution >= 4 is 43.2 Å². The third-order valence-corrected chi connectivity index (χ3v) is 2.31. The predicted octanol–water partition coefficient (Wildman–Crippen LogP) is 4.55. The lowest BCUT2D eigenvalue weighted by atomic mass is 10.3. The Hall–Kier alpha value is -0.910. The molecule has 0 aliphatic rings. The second-order valence-corrected chi connectivity index (χ2v) is 3.81. The topological polar surface area (TPSA) is 78.2 Å². The molecule has 1 aromatic rings. The zero-order valence-electron chi connectivity index (χ0n) is 6.11. The summed E-state index contributed by atoms with van der Waals surface area (Å²) >= 11 is 6.32. The molecule has 0 unspecified atom stereocenters. The maximum Gasteiger partial charge on any atom is 0.119 e. The molecule has 5 nitrogen and oxygen atoms in total. The van der Waals surface area contributed by atoms with Gasteiger partial charge in [0, 0.05) is 13.9 Å². The molecule has 0 N–H and O–H groups in total. The molecule has 1 aromatic carbocycles. The van der Waals surface area contributed by atoms with Crippen LogP contribution in [0.15, 0.2) is 31.4 Å². The predicted molar refractivity (Wildman–Crippen MR) is 56.1 cm³/mol. The van der Waals surface area contributed by atoms with E-state index in [4.69, 9.17) is 5.53 Å². The lowest BCUT2D eigenvalue weighted by molar-refractivity contribution is 1.38. The number of benzene rings is 1. The molecule has 0 spiro atoms. The molecule has 13 heavy (non-hydrogen) atoms. The second-order valence-electron chi connectivity index (χ2n) is 2.04. The molecule has 0 aromatic heterocycles. The number of azide groups is 1. The van der Waals surface area contributed by atoms with Crippen LogP contribution in [0.4, 0.5) is 11.4 Å². The molecule has 0 radical (unpaired) electrons. The molecule has 0 bridgehead atoms. The van der Waals surface area contributed by atoms with Gasteiger partial charge in [-0.1, -0.05) is 37.0 Å². The Morgan fingerprint density at radius 1 is 1.38 bits per heavy atom. The molecular weight excluding hydrogens is 304 g/mol. The number of halogens is 2. The van der Waals surface area contributed by atoms with Crippen LogP contribution in [-0.4, -0.2) is 0 Å². The van der Waals surface area contributed by atoms with Crippen molar-refractivity contribution in [1.82, 2.24) is 0 Å². The third-order valence-electron chi connectivity index (χ3n) is 1.25. The van der Waals surface area contributed by atoms with Gasteiger partial charge in [-0.2, -0.15) is 0 Å². The van der Waals surface area contributed by atoms with Crippen molar-refractivity contribution in [1.29, 1.82) is 0 Å². The Bertz CT molecular complexity index is 400. The van der Waals surface area contributed by atoms with Crippen molar-refractivity contribution in [3.63, 3.8) is 0 Å². The molecule has 0 fully saturated rings. The lowest BCUT2D eigenvalue weighted by Crippen LogP contribution is -1.71. The highest BCUT2D eigenvalue weighted by Crippen LogP contribution is 2.38. The Kier molecular flexibility index (Phi) is 3.41. The molecule has 0 aliphatic carbocycles. The molecule has 7 heteroatoms. The molecule has 66 valence electrons. The van der Waals surface area contributed by atoms with Gasteiger partial charge in [-0.3, -0.25) is 0 Å². The first-order valence-electron chi connectivity index (χ1n) is 3.06. The molecule has 0 amide bonds. The Balaban J connectivity index is 3.46. The van der Waals surface area contributed by atoms with Crippen molar-refractivity contribution in [2.45, 2.75) is 0 Å². The van der Waals surface area contributed by atoms with Gasteiger partial charge < -0.3 is 0 Å². The van der Waals surface area contributed by atoms with Crippen molar-refractivity contribution in [2.75, 3.05) is 0 Å². The summed E-state index contributed by atoms with van der Waals surface area (Å²) in [5.74, 6) is 0. The van der Waals surface area contributed by atoms with E-state index in [0.717, 1.165) is 0 Å². The van der Waals surface area contributed by atoms with Crippen LogP contribution >= 0.6 is 31.9 Å². The minimum atomic E-state index is 0.0963. The average molecular weight is 306 g/mol. The van der Waals surface area contributed by atoms with E-state index >= 15 is 0 Å². The maximum atomic E-state index is 10.3. The van der Waals surface area contributed by atoms with Gasteiger partial charge in [-0.05, 0) is 22.8 Å². The first-order chi connectivity index (χ1) is 6.19. The fraction of sp³-hybridized carbons (Fsp3) is 0. The van der Waals surface area contributed by atoms with Crippen molar-refractivity contribution in [3.05, 3.63) is 36.4 Å².